The maximum absolute atomic E-state index is 6.51. The minimum absolute atomic E-state index is 0.450. The van der Waals surface area contributed by atoms with Crippen LogP contribution < -0.4 is 5.73 Å². The Morgan fingerprint density at radius 3 is 2.22 bits per heavy atom. The first-order valence-electron chi connectivity index (χ1n) is 8.37. The predicted molar refractivity (Wildman–Crippen MR) is 76.5 cm³/mol. The van der Waals surface area contributed by atoms with Crippen LogP contribution in [0.5, 0.6) is 0 Å². The lowest BCUT2D eigenvalue weighted by atomic mass is 9.84. The van der Waals surface area contributed by atoms with E-state index in [0.717, 1.165) is 12.0 Å². The van der Waals surface area contributed by atoms with E-state index < -0.39 is 0 Å². The van der Waals surface area contributed by atoms with Crippen LogP contribution in [0.3, 0.4) is 0 Å². The Balaban J connectivity index is 1.67. The van der Waals surface area contributed by atoms with Gasteiger partial charge in [0.25, 0.3) is 0 Å². The van der Waals surface area contributed by atoms with E-state index in [2.05, 4.69) is 4.90 Å². The minimum Gasteiger partial charge on any atom is -0.326 e. The summed E-state index contributed by atoms with van der Waals surface area (Å²) >= 11 is 0. The predicted octanol–water partition coefficient (Wildman–Crippen LogP) is 3.30. The second-order valence-corrected chi connectivity index (χ2v) is 6.86. The van der Waals surface area contributed by atoms with Crippen molar-refractivity contribution >= 4 is 0 Å². The molecule has 2 saturated carbocycles. The Hall–Kier alpha value is -0.0800. The molecule has 0 spiro atoms. The summed E-state index contributed by atoms with van der Waals surface area (Å²) in [7, 11) is 0. The van der Waals surface area contributed by atoms with Gasteiger partial charge >= 0.3 is 0 Å². The smallest absolute Gasteiger partial charge is 0.0250 e. The molecule has 0 radical (unpaired) electrons. The monoisotopic (exact) mass is 250 g/mol. The molecule has 0 aromatic carbocycles. The molecule has 4 atom stereocenters. The van der Waals surface area contributed by atoms with Crippen molar-refractivity contribution in [2.24, 2.45) is 11.7 Å². The number of hydrogen-bond donors (Lipinski definition) is 1. The van der Waals surface area contributed by atoms with Gasteiger partial charge in [-0.1, -0.05) is 38.5 Å². The number of nitrogens with two attached hydrogens (primary N) is 1. The zero-order valence-corrected chi connectivity index (χ0v) is 11.8. The molecule has 3 fully saturated rings. The molecular formula is C16H30N2. The van der Waals surface area contributed by atoms with Crippen LogP contribution in [0, 0.1) is 5.92 Å². The topological polar surface area (TPSA) is 29.3 Å². The van der Waals surface area contributed by atoms with Crippen molar-refractivity contribution in [1.82, 2.24) is 4.90 Å². The quantitative estimate of drug-likeness (QED) is 0.773. The van der Waals surface area contributed by atoms with Crippen molar-refractivity contribution in [3.05, 3.63) is 0 Å². The third kappa shape index (κ3) is 2.60. The number of hydrogen-bond acceptors (Lipinski definition) is 2. The molecule has 1 aliphatic heterocycles. The first-order valence-corrected chi connectivity index (χ1v) is 8.37. The first kappa shape index (κ1) is 12.9. The van der Waals surface area contributed by atoms with Crippen LogP contribution in [0.25, 0.3) is 0 Å². The zero-order valence-electron chi connectivity index (χ0n) is 11.8. The summed E-state index contributed by atoms with van der Waals surface area (Å²) < 4.78 is 0. The molecule has 18 heavy (non-hydrogen) atoms. The lowest BCUT2D eigenvalue weighted by molar-refractivity contribution is 0.101. The number of likely N-dealkylation sites (tertiary alicyclic amines) is 1. The van der Waals surface area contributed by atoms with E-state index >= 15 is 0 Å². The summed E-state index contributed by atoms with van der Waals surface area (Å²) in [5.74, 6) is 1.01. The fourth-order valence-electron chi connectivity index (χ4n) is 4.76. The van der Waals surface area contributed by atoms with E-state index in [9.17, 15) is 0 Å². The summed E-state index contributed by atoms with van der Waals surface area (Å²) in [4.78, 5) is 2.85. The van der Waals surface area contributed by atoms with E-state index in [-0.39, 0.29) is 0 Å². The minimum atomic E-state index is 0.450. The van der Waals surface area contributed by atoms with E-state index in [1.807, 2.05) is 0 Å². The average Bonchev–Trinajstić information content (AvgIpc) is 2.78. The molecule has 0 aromatic heterocycles. The molecule has 2 nitrogen and oxygen atoms in total. The third-order valence-electron chi connectivity index (χ3n) is 5.76. The molecule has 2 heteroatoms. The van der Waals surface area contributed by atoms with Crippen molar-refractivity contribution in [1.29, 1.82) is 0 Å². The highest BCUT2D eigenvalue weighted by atomic mass is 15.2. The van der Waals surface area contributed by atoms with Crippen molar-refractivity contribution < 1.29 is 0 Å². The van der Waals surface area contributed by atoms with Gasteiger partial charge in [-0.3, -0.25) is 4.90 Å². The van der Waals surface area contributed by atoms with Crippen LogP contribution in [0.4, 0.5) is 0 Å². The molecule has 4 unspecified atom stereocenters. The van der Waals surface area contributed by atoms with Gasteiger partial charge in [0.15, 0.2) is 0 Å². The average molecular weight is 250 g/mol. The van der Waals surface area contributed by atoms with Gasteiger partial charge in [0.1, 0.15) is 0 Å². The van der Waals surface area contributed by atoms with E-state index in [0.29, 0.717) is 12.1 Å². The van der Waals surface area contributed by atoms with Gasteiger partial charge < -0.3 is 5.73 Å². The van der Waals surface area contributed by atoms with Gasteiger partial charge in [0.2, 0.25) is 0 Å². The second kappa shape index (κ2) is 5.92. The van der Waals surface area contributed by atoms with Crippen LogP contribution >= 0.6 is 0 Å². The lowest BCUT2D eigenvalue weighted by Crippen LogP contribution is -2.51. The largest absolute Gasteiger partial charge is 0.326 e. The van der Waals surface area contributed by atoms with Crippen LogP contribution in [0.15, 0.2) is 0 Å². The zero-order chi connectivity index (χ0) is 12.4. The van der Waals surface area contributed by atoms with Crippen LogP contribution in [0.2, 0.25) is 0 Å². The molecule has 0 amide bonds. The maximum Gasteiger partial charge on any atom is 0.0250 e. The van der Waals surface area contributed by atoms with Crippen molar-refractivity contribution in [3.63, 3.8) is 0 Å². The summed E-state index contributed by atoms with van der Waals surface area (Å²) in [5, 5.41) is 0. The first-order chi connectivity index (χ1) is 8.86. The molecule has 1 heterocycles. The third-order valence-corrected chi connectivity index (χ3v) is 5.76. The summed E-state index contributed by atoms with van der Waals surface area (Å²) in [6.45, 7) is 1.34. The van der Waals surface area contributed by atoms with Gasteiger partial charge in [0.05, 0.1) is 0 Å². The molecule has 104 valence electrons. The normalized spacial score (nSPS) is 43.2. The Morgan fingerprint density at radius 1 is 0.667 bits per heavy atom. The molecule has 0 aromatic rings. The fraction of sp³-hybridized carbons (Fsp3) is 1.00. The molecular weight excluding hydrogens is 220 g/mol. The van der Waals surface area contributed by atoms with Crippen LogP contribution in [-0.4, -0.2) is 29.6 Å². The van der Waals surface area contributed by atoms with Crippen molar-refractivity contribution in [2.75, 3.05) is 6.54 Å². The van der Waals surface area contributed by atoms with Gasteiger partial charge in [-0.05, 0) is 44.6 Å². The van der Waals surface area contributed by atoms with Crippen LogP contribution in [-0.2, 0) is 0 Å². The maximum atomic E-state index is 6.51. The van der Waals surface area contributed by atoms with Crippen molar-refractivity contribution in [2.45, 2.75) is 88.8 Å². The second-order valence-electron chi connectivity index (χ2n) is 6.86. The van der Waals surface area contributed by atoms with E-state index in [1.165, 1.54) is 77.2 Å². The molecule has 2 N–H and O–H groups in total. The summed E-state index contributed by atoms with van der Waals surface area (Å²) in [6.07, 6.45) is 15.6. The lowest BCUT2D eigenvalue weighted by Gasteiger charge is -2.40. The molecule has 3 aliphatic rings. The molecule has 2 aliphatic carbocycles. The molecule has 0 bridgehead atoms. The Kier molecular flexibility index (Phi) is 4.25. The molecule has 1 saturated heterocycles. The van der Waals surface area contributed by atoms with E-state index in [4.69, 9.17) is 5.73 Å². The number of nitrogens with zero attached hydrogens (tertiary/aromatic N) is 1. The Morgan fingerprint density at radius 2 is 1.33 bits per heavy atom. The Labute approximate surface area is 112 Å². The van der Waals surface area contributed by atoms with Gasteiger partial charge in [0, 0.05) is 18.1 Å². The van der Waals surface area contributed by atoms with Gasteiger partial charge in [-0.25, -0.2) is 0 Å². The standard InChI is InChI=1S/C16H30N2/c17-14-8-3-1-2-4-10-16(14)18-12-11-13-7-5-6-9-15(13)18/h13-16H,1-12,17H2. The molecule has 3 rings (SSSR count). The Bertz CT molecular complexity index is 266. The highest BCUT2D eigenvalue weighted by molar-refractivity contribution is 4.96. The highest BCUT2D eigenvalue weighted by Crippen LogP contribution is 2.39. The van der Waals surface area contributed by atoms with Crippen molar-refractivity contribution in [3.8, 4) is 0 Å². The number of rotatable bonds is 1. The SMILES string of the molecule is NC1CCCCCCC1N1CCC2CCCCC21. The van der Waals surface area contributed by atoms with E-state index in [1.54, 1.807) is 0 Å². The number of fused-ring (bicyclic) bond motifs is 1. The fourth-order valence-corrected chi connectivity index (χ4v) is 4.76. The van der Waals surface area contributed by atoms with Gasteiger partial charge in [-0.2, -0.15) is 0 Å². The summed E-state index contributed by atoms with van der Waals surface area (Å²) in [5.41, 5.74) is 6.51. The summed E-state index contributed by atoms with van der Waals surface area (Å²) in [6, 6.07) is 2.05. The highest BCUT2D eigenvalue weighted by Gasteiger charge is 2.40. The van der Waals surface area contributed by atoms with Crippen LogP contribution in [0.1, 0.15) is 70.6 Å². The van der Waals surface area contributed by atoms with Gasteiger partial charge in [-0.15, -0.1) is 0 Å².